The standard InChI is InChI=1S/C10H20N2O3/c1-11(2)4-3-5-12-6-7-15-9(8-13)10(12)14/h9,13H,3-8H2,1-2H3. The van der Waals surface area contributed by atoms with E-state index in [2.05, 4.69) is 4.90 Å². The first kappa shape index (κ1) is 12.4. The fraction of sp³-hybridized carbons (Fsp3) is 0.900. The van der Waals surface area contributed by atoms with Crippen LogP contribution >= 0.6 is 0 Å². The Morgan fingerprint density at radius 1 is 1.60 bits per heavy atom. The maximum Gasteiger partial charge on any atom is 0.254 e. The van der Waals surface area contributed by atoms with E-state index in [0.29, 0.717) is 13.2 Å². The molecule has 1 heterocycles. The van der Waals surface area contributed by atoms with Gasteiger partial charge in [-0.3, -0.25) is 4.79 Å². The van der Waals surface area contributed by atoms with Gasteiger partial charge in [-0.25, -0.2) is 0 Å². The number of amides is 1. The Labute approximate surface area is 90.6 Å². The Morgan fingerprint density at radius 3 is 2.93 bits per heavy atom. The number of morpholine rings is 1. The van der Waals surface area contributed by atoms with E-state index in [1.807, 2.05) is 14.1 Å². The molecular formula is C10H20N2O3. The molecule has 88 valence electrons. The third kappa shape index (κ3) is 3.77. The first-order valence-corrected chi connectivity index (χ1v) is 5.31. The topological polar surface area (TPSA) is 53.0 Å². The number of rotatable bonds is 5. The van der Waals surface area contributed by atoms with Crippen LogP contribution in [0.25, 0.3) is 0 Å². The zero-order chi connectivity index (χ0) is 11.3. The van der Waals surface area contributed by atoms with Crippen molar-refractivity contribution in [3.63, 3.8) is 0 Å². The van der Waals surface area contributed by atoms with Crippen molar-refractivity contribution in [3.05, 3.63) is 0 Å². The summed E-state index contributed by atoms with van der Waals surface area (Å²) in [5.74, 6) is -0.0810. The van der Waals surface area contributed by atoms with E-state index in [9.17, 15) is 4.79 Å². The Morgan fingerprint density at radius 2 is 2.33 bits per heavy atom. The summed E-state index contributed by atoms with van der Waals surface area (Å²) in [6.07, 6.45) is 0.315. The maximum absolute atomic E-state index is 11.7. The van der Waals surface area contributed by atoms with Gasteiger partial charge in [-0.2, -0.15) is 0 Å². The highest BCUT2D eigenvalue weighted by atomic mass is 16.5. The third-order valence-electron chi connectivity index (χ3n) is 2.47. The number of aliphatic hydroxyl groups is 1. The van der Waals surface area contributed by atoms with E-state index in [4.69, 9.17) is 9.84 Å². The van der Waals surface area contributed by atoms with Gasteiger partial charge in [0, 0.05) is 13.1 Å². The molecule has 0 bridgehead atoms. The molecule has 1 fully saturated rings. The lowest BCUT2D eigenvalue weighted by Gasteiger charge is -2.31. The van der Waals surface area contributed by atoms with E-state index >= 15 is 0 Å². The molecule has 1 aliphatic rings. The highest BCUT2D eigenvalue weighted by Crippen LogP contribution is 2.07. The Hall–Kier alpha value is -0.650. The molecule has 15 heavy (non-hydrogen) atoms. The minimum absolute atomic E-state index is 0.0810. The summed E-state index contributed by atoms with van der Waals surface area (Å²) in [5.41, 5.74) is 0. The Bertz CT molecular complexity index is 209. The van der Waals surface area contributed by atoms with Gasteiger partial charge >= 0.3 is 0 Å². The zero-order valence-corrected chi connectivity index (χ0v) is 9.48. The van der Waals surface area contributed by atoms with Crippen LogP contribution in [-0.2, 0) is 9.53 Å². The van der Waals surface area contributed by atoms with Crippen LogP contribution < -0.4 is 0 Å². The molecule has 0 radical (unpaired) electrons. The van der Waals surface area contributed by atoms with Crippen molar-refractivity contribution in [2.75, 3.05) is 46.9 Å². The fourth-order valence-electron chi connectivity index (χ4n) is 1.62. The van der Waals surface area contributed by atoms with Crippen LogP contribution in [0.2, 0.25) is 0 Å². The number of nitrogens with zero attached hydrogens (tertiary/aromatic N) is 2. The molecule has 0 aromatic rings. The minimum atomic E-state index is -0.641. The molecule has 0 aliphatic carbocycles. The number of hydrogen-bond donors (Lipinski definition) is 1. The van der Waals surface area contributed by atoms with Crippen molar-refractivity contribution < 1.29 is 14.6 Å². The van der Waals surface area contributed by atoms with Gasteiger partial charge in [-0.1, -0.05) is 0 Å². The second kappa shape index (κ2) is 6.05. The highest BCUT2D eigenvalue weighted by Gasteiger charge is 2.28. The van der Waals surface area contributed by atoms with Crippen LogP contribution in [0.3, 0.4) is 0 Å². The second-order valence-electron chi connectivity index (χ2n) is 4.02. The molecule has 1 saturated heterocycles. The van der Waals surface area contributed by atoms with Crippen LogP contribution in [0, 0.1) is 0 Å². The quantitative estimate of drug-likeness (QED) is 0.651. The van der Waals surface area contributed by atoms with Gasteiger partial charge in [-0.05, 0) is 27.1 Å². The van der Waals surface area contributed by atoms with Gasteiger partial charge in [0.25, 0.3) is 5.91 Å². The van der Waals surface area contributed by atoms with Crippen molar-refractivity contribution in [2.24, 2.45) is 0 Å². The summed E-state index contributed by atoms with van der Waals surface area (Å²) >= 11 is 0. The number of hydrogen-bond acceptors (Lipinski definition) is 4. The van der Waals surface area contributed by atoms with Gasteiger partial charge in [0.15, 0.2) is 6.10 Å². The second-order valence-corrected chi connectivity index (χ2v) is 4.02. The number of carbonyl (C=O) groups excluding carboxylic acids is 1. The molecule has 0 spiro atoms. The lowest BCUT2D eigenvalue weighted by molar-refractivity contribution is -0.156. The molecule has 1 amide bonds. The molecule has 1 aliphatic heterocycles. The SMILES string of the molecule is CN(C)CCCN1CCOC(CO)C1=O. The summed E-state index contributed by atoms with van der Waals surface area (Å²) in [4.78, 5) is 15.5. The van der Waals surface area contributed by atoms with E-state index in [1.165, 1.54) is 0 Å². The fourth-order valence-corrected chi connectivity index (χ4v) is 1.62. The summed E-state index contributed by atoms with van der Waals surface area (Å²) in [5, 5.41) is 8.91. The average Bonchev–Trinajstić information content (AvgIpc) is 2.20. The monoisotopic (exact) mass is 216 g/mol. The van der Waals surface area contributed by atoms with E-state index in [1.54, 1.807) is 4.90 Å². The summed E-state index contributed by atoms with van der Waals surface area (Å²) in [7, 11) is 4.02. The number of carbonyl (C=O) groups is 1. The minimum Gasteiger partial charge on any atom is -0.393 e. The third-order valence-corrected chi connectivity index (χ3v) is 2.47. The molecular weight excluding hydrogens is 196 g/mol. The molecule has 0 aromatic heterocycles. The normalized spacial score (nSPS) is 22.5. The number of ether oxygens (including phenoxy) is 1. The van der Waals surface area contributed by atoms with Crippen molar-refractivity contribution in [3.8, 4) is 0 Å². The van der Waals surface area contributed by atoms with Crippen molar-refractivity contribution >= 4 is 5.91 Å². The molecule has 5 nitrogen and oxygen atoms in total. The van der Waals surface area contributed by atoms with E-state index in [-0.39, 0.29) is 12.5 Å². The van der Waals surface area contributed by atoms with Gasteiger partial charge < -0.3 is 19.6 Å². The van der Waals surface area contributed by atoms with Gasteiger partial charge in [0.1, 0.15) is 0 Å². The molecule has 0 saturated carbocycles. The molecule has 1 N–H and O–H groups in total. The Balaban J connectivity index is 2.31. The predicted octanol–water partition coefficient (Wildman–Crippen LogP) is -0.842. The molecule has 1 atom stereocenters. The molecule has 5 heteroatoms. The van der Waals surface area contributed by atoms with Crippen molar-refractivity contribution in [1.82, 2.24) is 9.80 Å². The van der Waals surface area contributed by atoms with Crippen LogP contribution in [0.15, 0.2) is 0 Å². The lowest BCUT2D eigenvalue weighted by Crippen LogP contribution is -2.49. The maximum atomic E-state index is 11.7. The summed E-state index contributed by atoms with van der Waals surface area (Å²) < 4.78 is 5.15. The molecule has 1 unspecified atom stereocenters. The number of aliphatic hydroxyl groups excluding tert-OH is 1. The largest absolute Gasteiger partial charge is 0.393 e. The molecule has 0 aromatic carbocycles. The lowest BCUT2D eigenvalue weighted by atomic mass is 10.2. The predicted molar refractivity (Wildman–Crippen MR) is 56.6 cm³/mol. The van der Waals surface area contributed by atoms with Crippen LogP contribution in [0.4, 0.5) is 0 Å². The van der Waals surface area contributed by atoms with Crippen LogP contribution in [-0.4, -0.2) is 73.9 Å². The van der Waals surface area contributed by atoms with Gasteiger partial charge in [0.2, 0.25) is 0 Å². The van der Waals surface area contributed by atoms with E-state index in [0.717, 1.165) is 19.5 Å². The zero-order valence-electron chi connectivity index (χ0n) is 9.48. The van der Waals surface area contributed by atoms with E-state index < -0.39 is 6.10 Å². The summed E-state index contributed by atoms with van der Waals surface area (Å²) in [6.45, 7) is 2.66. The smallest absolute Gasteiger partial charge is 0.254 e. The molecule has 1 rings (SSSR count). The van der Waals surface area contributed by atoms with Crippen molar-refractivity contribution in [1.29, 1.82) is 0 Å². The van der Waals surface area contributed by atoms with Crippen LogP contribution in [0.1, 0.15) is 6.42 Å². The van der Waals surface area contributed by atoms with Crippen LogP contribution in [0.5, 0.6) is 0 Å². The first-order chi connectivity index (χ1) is 7.15. The summed E-state index contributed by atoms with van der Waals surface area (Å²) in [6, 6.07) is 0. The van der Waals surface area contributed by atoms with Gasteiger partial charge in [-0.15, -0.1) is 0 Å². The Kier molecular flexibility index (Phi) is 5.01. The van der Waals surface area contributed by atoms with Gasteiger partial charge in [0.05, 0.1) is 13.2 Å². The van der Waals surface area contributed by atoms with Crippen molar-refractivity contribution in [2.45, 2.75) is 12.5 Å². The highest BCUT2D eigenvalue weighted by molar-refractivity contribution is 5.81. The first-order valence-electron chi connectivity index (χ1n) is 5.31. The average molecular weight is 216 g/mol.